The summed E-state index contributed by atoms with van der Waals surface area (Å²) in [5.41, 5.74) is 0. The number of nitrogens with one attached hydrogen (secondary N) is 1. The average molecular weight is 291 g/mol. The first kappa shape index (κ1) is 16.7. The molecule has 2 N–H and O–H groups in total. The number of hydrogen-bond donors (Lipinski definition) is 2. The van der Waals surface area contributed by atoms with Gasteiger partial charge >= 0.3 is 0 Å². The summed E-state index contributed by atoms with van der Waals surface area (Å²) in [5, 5.41) is 12.6. The molecule has 0 spiro atoms. The van der Waals surface area contributed by atoms with Crippen molar-refractivity contribution >= 4 is 18.3 Å². The zero-order chi connectivity index (χ0) is 13.1. The van der Waals surface area contributed by atoms with Gasteiger partial charge in [-0.1, -0.05) is 13.8 Å². The van der Waals surface area contributed by atoms with Crippen LogP contribution in [0.2, 0.25) is 0 Å². The number of carbonyl (C=O) groups is 1. The predicted molar refractivity (Wildman–Crippen MR) is 78.4 cm³/mol. The van der Waals surface area contributed by atoms with Crippen LogP contribution in [0, 0.1) is 11.8 Å². The van der Waals surface area contributed by atoms with Gasteiger partial charge in [0.25, 0.3) is 0 Å². The van der Waals surface area contributed by atoms with Crippen LogP contribution in [0.5, 0.6) is 0 Å². The van der Waals surface area contributed by atoms with Gasteiger partial charge in [-0.25, -0.2) is 0 Å². The Morgan fingerprint density at radius 3 is 2.63 bits per heavy atom. The smallest absolute Gasteiger partial charge is 0.239 e. The lowest BCUT2D eigenvalue weighted by molar-refractivity contribution is -0.133. The highest BCUT2D eigenvalue weighted by Gasteiger charge is 2.32. The van der Waals surface area contributed by atoms with E-state index in [4.69, 9.17) is 0 Å². The number of nitrogens with zero attached hydrogens (tertiary/aromatic N) is 1. The minimum atomic E-state index is -0.352. The van der Waals surface area contributed by atoms with E-state index < -0.39 is 0 Å². The summed E-state index contributed by atoms with van der Waals surface area (Å²) in [6, 6.07) is -0.157. The van der Waals surface area contributed by atoms with Crippen molar-refractivity contribution in [3.63, 3.8) is 0 Å². The van der Waals surface area contributed by atoms with Crippen LogP contribution in [0.1, 0.15) is 39.5 Å². The van der Waals surface area contributed by atoms with E-state index in [0.29, 0.717) is 18.9 Å². The van der Waals surface area contributed by atoms with Gasteiger partial charge in [0, 0.05) is 19.6 Å². The fraction of sp³-hybridized carbons (Fsp3) is 0.929. The molecule has 0 aromatic heterocycles. The minimum absolute atomic E-state index is 0. The normalized spacial score (nSPS) is 32.0. The Balaban J connectivity index is 0.00000180. The molecule has 19 heavy (non-hydrogen) atoms. The van der Waals surface area contributed by atoms with E-state index in [9.17, 15) is 9.90 Å². The largest absolute Gasteiger partial charge is 0.392 e. The molecule has 0 aromatic carbocycles. The summed E-state index contributed by atoms with van der Waals surface area (Å²) in [6.07, 6.45) is 3.70. The number of aliphatic hydroxyl groups is 1. The Bertz CT molecular complexity index is 299. The van der Waals surface area contributed by atoms with Crippen molar-refractivity contribution in [1.29, 1.82) is 0 Å². The topological polar surface area (TPSA) is 52.6 Å². The molecule has 5 heteroatoms. The summed E-state index contributed by atoms with van der Waals surface area (Å²) < 4.78 is 0. The first-order chi connectivity index (χ1) is 8.58. The van der Waals surface area contributed by atoms with E-state index in [1.807, 2.05) is 4.90 Å². The summed E-state index contributed by atoms with van der Waals surface area (Å²) in [5.74, 6) is 1.66. The van der Waals surface area contributed by atoms with Gasteiger partial charge in [-0.2, -0.15) is 0 Å². The number of aliphatic hydroxyl groups excluding tert-OH is 1. The molecule has 2 saturated heterocycles. The van der Waals surface area contributed by atoms with E-state index in [1.54, 1.807) is 0 Å². The highest BCUT2D eigenvalue weighted by molar-refractivity contribution is 5.85. The standard InChI is InChI=1S/C14H26N2O2.ClH/c1-10(2)11-4-3-6-16(7-5-11)14(18)13-8-12(17)9-15-13;/h10-13,15,17H,3-9H2,1-2H3;1H. The van der Waals surface area contributed by atoms with Crippen molar-refractivity contribution in [2.75, 3.05) is 19.6 Å². The van der Waals surface area contributed by atoms with Crippen LogP contribution in [0.15, 0.2) is 0 Å². The molecule has 0 aromatic rings. The Hall–Kier alpha value is -0.320. The third-order valence-corrected chi connectivity index (χ3v) is 4.43. The molecule has 3 atom stereocenters. The van der Waals surface area contributed by atoms with Crippen molar-refractivity contribution in [1.82, 2.24) is 10.2 Å². The lowest BCUT2D eigenvalue weighted by Crippen LogP contribution is -2.44. The molecule has 0 saturated carbocycles. The molecular weight excluding hydrogens is 264 g/mol. The second-order valence-corrected chi connectivity index (χ2v) is 6.11. The van der Waals surface area contributed by atoms with E-state index in [1.165, 1.54) is 6.42 Å². The number of likely N-dealkylation sites (tertiary alicyclic amines) is 1. The average Bonchev–Trinajstić information content (AvgIpc) is 2.63. The summed E-state index contributed by atoms with van der Waals surface area (Å²) in [6.45, 7) is 6.87. The lowest BCUT2D eigenvalue weighted by Gasteiger charge is -2.24. The van der Waals surface area contributed by atoms with E-state index >= 15 is 0 Å². The van der Waals surface area contributed by atoms with Gasteiger partial charge in [0.2, 0.25) is 5.91 Å². The van der Waals surface area contributed by atoms with Crippen molar-refractivity contribution in [2.45, 2.75) is 51.7 Å². The van der Waals surface area contributed by atoms with Crippen LogP contribution in [-0.4, -0.2) is 47.7 Å². The Labute approximate surface area is 122 Å². The zero-order valence-corrected chi connectivity index (χ0v) is 12.8. The third-order valence-electron chi connectivity index (χ3n) is 4.43. The third kappa shape index (κ3) is 4.33. The van der Waals surface area contributed by atoms with Crippen LogP contribution in [0.4, 0.5) is 0 Å². The number of halogens is 1. The molecule has 4 nitrogen and oxygen atoms in total. The van der Waals surface area contributed by atoms with Gasteiger partial charge in [-0.05, 0) is 37.5 Å². The number of hydrogen-bond acceptors (Lipinski definition) is 3. The molecule has 0 aliphatic carbocycles. The van der Waals surface area contributed by atoms with Crippen LogP contribution < -0.4 is 5.32 Å². The molecule has 2 heterocycles. The molecular formula is C14H27ClN2O2. The maximum atomic E-state index is 12.3. The Morgan fingerprint density at radius 1 is 1.32 bits per heavy atom. The molecule has 2 aliphatic heterocycles. The number of carbonyl (C=O) groups excluding carboxylic acids is 1. The van der Waals surface area contributed by atoms with Gasteiger partial charge in [-0.3, -0.25) is 4.79 Å². The fourth-order valence-corrected chi connectivity index (χ4v) is 3.13. The van der Waals surface area contributed by atoms with Crippen LogP contribution in [0.3, 0.4) is 0 Å². The monoisotopic (exact) mass is 290 g/mol. The van der Waals surface area contributed by atoms with Crippen molar-refractivity contribution in [2.24, 2.45) is 11.8 Å². The Kier molecular flexibility index (Phi) is 6.57. The van der Waals surface area contributed by atoms with Gasteiger partial charge in [-0.15, -0.1) is 12.4 Å². The SMILES string of the molecule is CC(C)C1CCCN(C(=O)C2CC(O)CN2)CC1.Cl. The molecule has 2 fully saturated rings. The molecule has 112 valence electrons. The van der Waals surface area contributed by atoms with Gasteiger partial charge in [0.15, 0.2) is 0 Å². The van der Waals surface area contributed by atoms with Crippen LogP contribution >= 0.6 is 12.4 Å². The summed E-state index contributed by atoms with van der Waals surface area (Å²) in [7, 11) is 0. The van der Waals surface area contributed by atoms with Crippen molar-refractivity contribution in [3.05, 3.63) is 0 Å². The van der Waals surface area contributed by atoms with Crippen LogP contribution in [0.25, 0.3) is 0 Å². The first-order valence-electron chi connectivity index (χ1n) is 7.28. The second-order valence-electron chi connectivity index (χ2n) is 6.11. The Morgan fingerprint density at radius 2 is 2.05 bits per heavy atom. The van der Waals surface area contributed by atoms with E-state index in [2.05, 4.69) is 19.2 Å². The highest BCUT2D eigenvalue weighted by Crippen LogP contribution is 2.25. The maximum Gasteiger partial charge on any atom is 0.239 e. The highest BCUT2D eigenvalue weighted by atomic mass is 35.5. The first-order valence-corrected chi connectivity index (χ1v) is 7.28. The summed E-state index contributed by atoms with van der Waals surface area (Å²) in [4.78, 5) is 14.3. The minimum Gasteiger partial charge on any atom is -0.392 e. The molecule has 0 bridgehead atoms. The molecule has 2 aliphatic rings. The van der Waals surface area contributed by atoms with Crippen molar-refractivity contribution < 1.29 is 9.90 Å². The van der Waals surface area contributed by atoms with E-state index in [0.717, 1.165) is 31.8 Å². The molecule has 2 rings (SSSR count). The van der Waals surface area contributed by atoms with Crippen molar-refractivity contribution in [3.8, 4) is 0 Å². The number of β-amino-alcohol motifs (C(OH)–C–C–N with tert-alkyl or cyclic N) is 1. The van der Waals surface area contributed by atoms with E-state index in [-0.39, 0.29) is 30.5 Å². The van der Waals surface area contributed by atoms with Gasteiger partial charge in [0.1, 0.15) is 0 Å². The predicted octanol–water partition coefficient (Wildman–Crippen LogP) is 1.42. The molecule has 1 amide bonds. The quantitative estimate of drug-likeness (QED) is 0.809. The number of amides is 1. The second kappa shape index (κ2) is 7.46. The molecule has 3 unspecified atom stereocenters. The number of rotatable bonds is 2. The lowest BCUT2D eigenvalue weighted by atomic mass is 9.89. The fourth-order valence-electron chi connectivity index (χ4n) is 3.13. The zero-order valence-electron chi connectivity index (χ0n) is 12.0. The van der Waals surface area contributed by atoms with Gasteiger partial charge in [0.05, 0.1) is 12.1 Å². The summed E-state index contributed by atoms with van der Waals surface area (Å²) >= 11 is 0. The molecule has 0 radical (unpaired) electrons. The van der Waals surface area contributed by atoms with Crippen LogP contribution in [-0.2, 0) is 4.79 Å². The van der Waals surface area contributed by atoms with Gasteiger partial charge < -0.3 is 15.3 Å². The maximum absolute atomic E-state index is 12.3.